The molecule has 0 radical (unpaired) electrons. The first-order valence-electron chi connectivity index (χ1n) is 13.1. The molecule has 3 N–H and O–H groups in total. The zero-order valence-corrected chi connectivity index (χ0v) is 21.0. The van der Waals surface area contributed by atoms with Crippen LogP contribution in [-0.4, -0.2) is 45.4 Å². The average Bonchev–Trinajstić information content (AvgIpc) is 3.45. The van der Waals surface area contributed by atoms with Gasteiger partial charge in [0.1, 0.15) is 5.60 Å². The number of imidazole rings is 1. The molecule has 0 aromatic carbocycles. The Labute approximate surface area is 208 Å². The zero-order valence-electron chi connectivity index (χ0n) is 21.0. The molecule has 0 saturated heterocycles. The number of allylic oxidation sites excluding steroid dienone is 2. The number of fused-ring (bicyclic) bond motifs is 5. The molecule has 1 aromatic heterocycles. The van der Waals surface area contributed by atoms with Crippen molar-refractivity contribution in [2.24, 2.45) is 33.7 Å². The van der Waals surface area contributed by atoms with Gasteiger partial charge in [0.05, 0.1) is 12.0 Å². The number of hydrogen-bond acceptors (Lipinski definition) is 5. The number of carbonyl (C=O) groups excluding carboxylic acids is 1. The maximum atomic E-state index is 12.1. The second-order valence-corrected chi connectivity index (χ2v) is 11.5. The number of aromatic amines is 1. The van der Waals surface area contributed by atoms with Gasteiger partial charge in [-0.3, -0.25) is 4.79 Å². The summed E-state index contributed by atoms with van der Waals surface area (Å²) in [6.07, 6.45) is 20.2. The van der Waals surface area contributed by atoms with Crippen LogP contribution in [0.2, 0.25) is 0 Å². The number of aliphatic hydroxyl groups is 1. The molecule has 0 bridgehead atoms. The van der Waals surface area contributed by atoms with Crippen molar-refractivity contribution < 1.29 is 14.7 Å². The van der Waals surface area contributed by atoms with E-state index in [9.17, 15) is 9.90 Å². The summed E-state index contributed by atoms with van der Waals surface area (Å²) in [5.74, 6) is 4.36. The van der Waals surface area contributed by atoms with E-state index >= 15 is 0 Å². The van der Waals surface area contributed by atoms with Gasteiger partial charge >= 0.3 is 0 Å². The third kappa shape index (κ3) is 4.10. The van der Waals surface area contributed by atoms with Gasteiger partial charge in [-0.25, -0.2) is 4.98 Å². The molecule has 0 spiro atoms. The van der Waals surface area contributed by atoms with Gasteiger partial charge < -0.3 is 20.2 Å². The van der Waals surface area contributed by atoms with E-state index in [1.807, 2.05) is 0 Å². The van der Waals surface area contributed by atoms with Crippen LogP contribution in [0, 0.1) is 40.9 Å². The van der Waals surface area contributed by atoms with Crippen LogP contribution in [0.3, 0.4) is 0 Å². The molecular formula is C28H38N4O3. The molecule has 4 aliphatic carbocycles. The molecule has 35 heavy (non-hydrogen) atoms. The Bertz CT molecular complexity index is 1060. The molecule has 1 aromatic rings. The molecule has 3 saturated carbocycles. The van der Waals surface area contributed by atoms with Crippen molar-refractivity contribution in [3.05, 3.63) is 29.9 Å². The fourth-order valence-corrected chi connectivity index (χ4v) is 7.88. The maximum Gasteiger partial charge on any atom is 0.260 e. The second-order valence-electron chi connectivity index (χ2n) is 11.5. The lowest BCUT2D eigenvalue weighted by Gasteiger charge is -2.58. The highest BCUT2D eigenvalue weighted by atomic mass is 16.6. The van der Waals surface area contributed by atoms with Crippen LogP contribution in [0.5, 0.6) is 0 Å². The Morgan fingerprint density at radius 2 is 2.11 bits per heavy atom. The normalized spacial score (nSPS) is 39.1. The fourth-order valence-electron chi connectivity index (χ4n) is 7.88. The zero-order chi connectivity index (χ0) is 24.7. The van der Waals surface area contributed by atoms with Gasteiger partial charge in [-0.05, 0) is 80.6 Å². The Hall–Kier alpha value is -2.59. The fraction of sp³-hybridized carbons (Fsp3) is 0.679. The molecule has 5 rings (SSSR count). The van der Waals surface area contributed by atoms with Crippen LogP contribution in [0.1, 0.15) is 70.9 Å². The van der Waals surface area contributed by atoms with Gasteiger partial charge in [0.15, 0.2) is 6.61 Å². The smallest absolute Gasteiger partial charge is 0.260 e. The highest BCUT2D eigenvalue weighted by Gasteiger charge is 2.63. The van der Waals surface area contributed by atoms with E-state index in [-0.39, 0.29) is 23.3 Å². The number of terminal acetylenes is 1. The van der Waals surface area contributed by atoms with Gasteiger partial charge in [0.25, 0.3) is 5.91 Å². The largest absolute Gasteiger partial charge is 0.385 e. The van der Waals surface area contributed by atoms with Crippen molar-refractivity contribution in [3.63, 3.8) is 0 Å². The summed E-state index contributed by atoms with van der Waals surface area (Å²) in [6, 6.07) is 0. The van der Waals surface area contributed by atoms with Crippen molar-refractivity contribution in [1.82, 2.24) is 15.3 Å². The molecule has 6 atom stereocenters. The van der Waals surface area contributed by atoms with Crippen molar-refractivity contribution in [3.8, 4) is 12.3 Å². The van der Waals surface area contributed by atoms with Gasteiger partial charge in [-0.2, -0.15) is 0 Å². The number of rotatable bonds is 6. The predicted molar refractivity (Wildman–Crippen MR) is 134 cm³/mol. The number of aromatic nitrogens is 2. The van der Waals surface area contributed by atoms with E-state index in [1.165, 1.54) is 5.57 Å². The van der Waals surface area contributed by atoms with E-state index in [0.717, 1.165) is 62.8 Å². The lowest BCUT2D eigenvalue weighted by Crippen LogP contribution is -2.54. The Morgan fingerprint density at radius 3 is 2.89 bits per heavy atom. The Balaban J connectivity index is 1.19. The molecule has 4 aliphatic rings. The summed E-state index contributed by atoms with van der Waals surface area (Å²) in [5.41, 5.74) is 2.46. The first-order valence-corrected chi connectivity index (χ1v) is 13.1. The lowest BCUT2D eigenvalue weighted by molar-refractivity contribution is -0.125. The van der Waals surface area contributed by atoms with Crippen molar-refractivity contribution in [2.45, 2.75) is 77.2 Å². The van der Waals surface area contributed by atoms with Crippen molar-refractivity contribution in [1.29, 1.82) is 0 Å². The first-order chi connectivity index (χ1) is 16.8. The summed E-state index contributed by atoms with van der Waals surface area (Å²) < 4.78 is 0. The number of nitrogens with one attached hydrogen (secondary N) is 2. The van der Waals surface area contributed by atoms with E-state index in [1.54, 1.807) is 12.5 Å². The summed E-state index contributed by atoms with van der Waals surface area (Å²) in [6.45, 7) is 5.14. The minimum atomic E-state index is -0.950. The average molecular weight is 479 g/mol. The van der Waals surface area contributed by atoms with E-state index < -0.39 is 5.60 Å². The number of hydrogen-bond donors (Lipinski definition) is 3. The minimum absolute atomic E-state index is 0.0734. The number of nitrogens with zero attached hydrogens (tertiary/aromatic N) is 2. The second kappa shape index (κ2) is 9.13. The van der Waals surface area contributed by atoms with Gasteiger partial charge in [0.2, 0.25) is 0 Å². The quantitative estimate of drug-likeness (QED) is 0.428. The standard InChI is InChI=1S/C28H38N4O3/c1-4-28(34)13-9-24-22-6-5-19-15-20(7-11-26(19,2)23(22)8-12-27(24,28)3)32-35-17-25(33)30-14-10-21-16-29-18-31-21/h1,15-16,18,22-24,34H,5-14,17H2,2-3H3,(H,29,31)(H,30,33)/t22?,23?,24?,26-,27-,28+/m0/s1. The van der Waals surface area contributed by atoms with Gasteiger partial charge in [-0.15, -0.1) is 6.42 Å². The van der Waals surface area contributed by atoms with Crippen molar-refractivity contribution in [2.75, 3.05) is 13.2 Å². The number of H-pyrrole nitrogens is 1. The summed E-state index contributed by atoms with van der Waals surface area (Å²) in [7, 11) is 0. The molecule has 3 unspecified atom stereocenters. The van der Waals surface area contributed by atoms with Gasteiger partial charge in [-0.1, -0.05) is 30.5 Å². The Morgan fingerprint density at radius 1 is 1.29 bits per heavy atom. The molecule has 188 valence electrons. The summed E-state index contributed by atoms with van der Waals surface area (Å²) in [4.78, 5) is 24.5. The molecule has 1 amide bonds. The Kier molecular flexibility index (Phi) is 6.29. The molecule has 0 aliphatic heterocycles. The van der Waals surface area contributed by atoms with Crippen LogP contribution in [0.25, 0.3) is 0 Å². The van der Waals surface area contributed by atoms with Crippen LogP contribution in [0.15, 0.2) is 29.3 Å². The lowest BCUT2D eigenvalue weighted by atomic mass is 9.46. The SMILES string of the molecule is C#C[C@@]1(O)CCC2C3CCC4=CC(=NOCC(=O)NCCc5cnc[nH]5)CC[C@]4(C)C3CC[C@@]21C. The molecule has 3 fully saturated rings. The summed E-state index contributed by atoms with van der Waals surface area (Å²) >= 11 is 0. The molecular weight excluding hydrogens is 440 g/mol. The van der Waals surface area contributed by atoms with Gasteiger partial charge in [0, 0.05) is 30.3 Å². The molecule has 1 heterocycles. The van der Waals surface area contributed by atoms with Crippen LogP contribution >= 0.6 is 0 Å². The third-order valence-corrected chi connectivity index (χ3v) is 10.0. The van der Waals surface area contributed by atoms with Crippen LogP contribution in [-0.2, 0) is 16.1 Å². The number of amides is 1. The maximum absolute atomic E-state index is 12.1. The minimum Gasteiger partial charge on any atom is -0.385 e. The van der Waals surface area contributed by atoms with Crippen LogP contribution < -0.4 is 5.32 Å². The highest BCUT2D eigenvalue weighted by molar-refractivity contribution is 5.96. The number of carbonyl (C=O) groups is 1. The van der Waals surface area contributed by atoms with E-state index in [2.05, 4.69) is 46.3 Å². The topological polar surface area (TPSA) is 99.6 Å². The first kappa shape index (κ1) is 24.1. The third-order valence-electron chi connectivity index (χ3n) is 10.0. The number of oxime groups is 1. The molecule has 7 nitrogen and oxygen atoms in total. The predicted octanol–water partition coefficient (Wildman–Crippen LogP) is 3.77. The summed E-state index contributed by atoms with van der Waals surface area (Å²) in [5, 5.41) is 18.3. The van der Waals surface area contributed by atoms with E-state index in [4.69, 9.17) is 11.3 Å². The van der Waals surface area contributed by atoms with Crippen molar-refractivity contribution >= 4 is 11.6 Å². The molecule has 7 heteroatoms. The highest BCUT2D eigenvalue weighted by Crippen LogP contribution is 2.67. The monoisotopic (exact) mass is 478 g/mol. The van der Waals surface area contributed by atoms with Crippen LogP contribution in [0.4, 0.5) is 0 Å². The van der Waals surface area contributed by atoms with E-state index in [0.29, 0.717) is 30.7 Å².